The van der Waals surface area contributed by atoms with Crippen LogP contribution in [0.2, 0.25) is 30.1 Å². The second-order valence-electron chi connectivity index (χ2n) is 26.5. The summed E-state index contributed by atoms with van der Waals surface area (Å²) in [5, 5.41) is 19.0. The van der Waals surface area contributed by atoms with E-state index in [4.69, 9.17) is 118 Å². The van der Waals surface area contributed by atoms with Crippen molar-refractivity contribution in [1.29, 1.82) is 0 Å². The molecule has 5 N–H and O–H groups in total. The highest BCUT2D eigenvalue weighted by Crippen LogP contribution is 2.51. The molecule has 0 spiro atoms. The van der Waals surface area contributed by atoms with Crippen LogP contribution in [0.1, 0.15) is 41.1 Å². The SMILES string of the molecule is C=CC(=O)N1CCC(OCCc2cn3c(n2)c(-c2c(Cl)c(OC)cc(OC)c2Cl)cc2cnc(NC)cc23)CC1.C=CC(=O)Nc1cc(Cc2cn3c(n2)c(-c2c(Cl)c(OC)cc(OC)c2Cl)cc2cnc(NC)cc23)ccn1.C=CC(=O)Nc1cc(Cc2cn3c(n2)c(-c2c(Cl)c(OC)cc(OC)c2Cl)cc2cnc(NC)nc23)ccn1. The zero-order chi connectivity index (χ0) is 83.8. The second kappa shape index (κ2) is 36.9. The number of anilines is 5. The minimum Gasteiger partial charge on any atom is -0.495 e. The number of rotatable bonds is 25. The van der Waals surface area contributed by atoms with Crippen molar-refractivity contribution in [2.75, 3.05) is 110 Å². The van der Waals surface area contributed by atoms with Gasteiger partial charge in [-0.05, 0) is 84.7 Å². The Morgan fingerprint density at radius 1 is 0.449 bits per heavy atom. The normalized spacial score (nSPS) is 12.0. The third-order valence-corrected chi connectivity index (χ3v) is 21.7. The van der Waals surface area contributed by atoms with Gasteiger partial charge < -0.3 is 64.6 Å². The van der Waals surface area contributed by atoms with Crippen LogP contribution in [-0.4, -0.2) is 170 Å². The Balaban J connectivity index is 0.000000153. The van der Waals surface area contributed by atoms with Crippen LogP contribution in [0.15, 0.2) is 160 Å². The molecule has 28 nitrogen and oxygen atoms in total. The standard InChI is InChI=1S/C29H31Cl2N5O4.C28H24Cl2N6O3.C27H23Cl2N7O3/c1-5-25(37)35-9-6-19(7-10-35)40-11-8-18-16-36-21-13-24(32-2)33-15-17(21)12-20(29(36)34-18)26-27(30)22(38-3)14-23(39-4)28(26)31;1-5-24(37)35-23-9-15(6-7-32-23)8-17-14-36-19-11-22(31-2)33-13-16(19)10-18(28(36)34-17)25-26(29)20(38-3)12-21(39-4)27(25)30;1-5-21(37)34-20-9-14(6-7-31-20)8-16-13-36-25-15(12-32-27(30-2)35-25)10-17(26(36)33-16)22-23(28)18(38-3)11-19(39-4)24(22)29/h5,12-16,19H,1,6-11H2,2-4H3,(H,32,33);5-7,9-14H,1,8H2,2-4H3,(H,31,33)(H,32,35,37);5-7,9-13H,1,8H2,2-4H3,(H,30,32,35)(H,31,34,37). The molecule has 1 aliphatic heterocycles. The fourth-order valence-corrected chi connectivity index (χ4v) is 15.8. The summed E-state index contributed by atoms with van der Waals surface area (Å²) in [6.07, 6.45) is 21.4. The molecule has 15 rings (SSSR count). The zero-order valence-electron chi connectivity index (χ0n) is 65.3. The molecule has 0 radical (unpaired) electrons. The Morgan fingerprint density at radius 2 is 0.839 bits per heavy atom. The molecule has 0 saturated carbocycles. The maximum atomic E-state index is 11.9. The number of ether oxygens (including phenoxy) is 7. The Morgan fingerprint density at radius 3 is 1.24 bits per heavy atom. The first kappa shape index (κ1) is 83.7. The van der Waals surface area contributed by atoms with Crippen LogP contribution in [0.5, 0.6) is 34.5 Å². The van der Waals surface area contributed by atoms with Crippen molar-refractivity contribution in [1.82, 2.24) is 63.0 Å². The van der Waals surface area contributed by atoms with E-state index in [2.05, 4.69) is 76.2 Å². The summed E-state index contributed by atoms with van der Waals surface area (Å²) in [5.74, 6) is 4.60. The molecular formula is C84H78Cl6N18O10. The van der Waals surface area contributed by atoms with Crippen LogP contribution in [-0.2, 0) is 38.4 Å². The number of nitrogens with zero attached hydrogens (tertiary/aromatic N) is 13. The molecule has 12 heterocycles. The van der Waals surface area contributed by atoms with Gasteiger partial charge in [0.2, 0.25) is 23.7 Å². The lowest BCUT2D eigenvalue weighted by Gasteiger charge is -2.31. The van der Waals surface area contributed by atoms with Gasteiger partial charge in [-0.1, -0.05) is 89.3 Å². The second-order valence-corrected chi connectivity index (χ2v) is 28.7. The van der Waals surface area contributed by atoms with Crippen molar-refractivity contribution in [2.24, 2.45) is 0 Å². The molecule has 1 aliphatic rings. The van der Waals surface area contributed by atoms with E-state index in [-0.39, 0.29) is 23.8 Å². The number of aromatic nitrogens is 12. The highest BCUT2D eigenvalue weighted by molar-refractivity contribution is 6.43. The average Bonchev–Trinajstić information content (AvgIpc) is 1.52. The van der Waals surface area contributed by atoms with Gasteiger partial charge in [-0.3, -0.25) is 27.6 Å². The number of methoxy groups -OCH3 is 6. The number of nitrogens with one attached hydrogen (secondary N) is 5. The first-order valence-electron chi connectivity index (χ1n) is 36.5. The zero-order valence-corrected chi connectivity index (χ0v) is 69.8. The number of carbonyl (C=O) groups excluding carboxylic acids is 3. The molecule has 3 amide bonds. The summed E-state index contributed by atoms with van der Waals surface area (Å²) >= 11 is 40.8. The highest BCUT2D eigenvalue weighted by atomic mass is 35.5. The molecule has 11 aromatic heterocycles. The predicted octanol–water partition coefficient (Wildman–Crippen LogP) is 17.1. The largest absolute Gasteiger partial charge is 0.495 e. The van der Waals surface area contributed by atoms with Crippen LogP contribution in [0, 0.1) is 0 Å². The van der Waals surface area contributed by atoms with E-state index in [1.807, 2.05) is 88.4 Å². The van der Waals surface area contributed by atoms with Gasteiger partial charge in [0.25, 0.3) is 0 Å². The molecule has 34 heteroatoms. The molecule has 1 fully saturated rings. The van der Waals surface area contributed by atoms with Crippen molar-refractivity contribution in [2.45, 2.75) is 38.2 Å². The molecule has 606 valence electrons. The predicted molar refractivity (Wildman–Crippen MR) is 465 cm³/mol. The van der Waals surface area contributed by atoms with Crippen molar-refractivity contribution in [3.63, 3.8) is 0 Å². The van der Waals surface area contributed by atoms with E-state index >= 15 is 0 Å². The first-order chi connectivity index (χ1) is 57.1. The summed E-state index contributed by atoms with van der Waals surface area (Å²) in [4.78, 5) is 78.5. The van der Waals surface area contributed by atoms with E-state index < -0.39 is 0 Å². The number of hydrogen-bond acceptors (Lipinski definition) is 22. The van der Waals surface area contributed by atoms with Gasteiger partial charge in [0.15, 0.2) is 5.65 Å². The quantitative estimate of drug-likeness (QED) is 0.0332. The molecule has 0 unspecified atom stereocenters. The molecule has 1 saturated heterocycles. The van der Waals surface area contributed by atoms with Crippen LogP contribution in [0.4, 0.5) is 29.2 Å². The third kappa shape index (κ3) is 17.4. The number of pyridine rings is 7. The topological polar surface area (TPSA) is 308 Å². The highest BCUT2D eigenvalue weighted by Gasteiger charge is 2.29. The van der Waals surface area contributed by atoms with Gasteiger partial charge >= 0.3 is 0 Å². The summed E-state index contributed by atoms with van der Waals surface area (Å²) in [6, 6.07) is 22.0. The lowest BCUT2D eigenvalue weighted by atomic mass is 10.0. The van der Waals surface area contributed by atoms with Crippen molar-refractivity contribution in [3.8, 4) is 67.9 Å². The number of carbonyl (C=O) groups is 3. The fraction of sp³-hybridized carbons (Fsp3) is 0.214. The van der Waals surface area contributed by atoms with Gasteiger partial charge in [0, 0.05) is 183 Å². The van der Waals surface area contributed by atoms with Crippen LogP contribution in [0.25, 0.3) is 83.2 Å². The van der Waals surface area contributed by atoms with Crippen molar-refractivity contribution < 1.29 is 47.5 Å². The Labute approximate surface area is 707 Å². The number of likely N-dealkylation sites (tertiary alicyclic amines) is 1. The third-order valence-electron chi connectivity index (χ3n) is 19.5. The van der Waals surface area contributed by atoms with E-state index in [1.165, 1.54) is 46.7 Å². The molecule has 0 atom stereocenters. The number of benzene rings is 3. The first-order valence-corrected chi connectivity index (χ1v) is 38.8. The lowest BCUT2D eigenvalue weighted by molar-refractivity contribution is -0.128. The fourth-order valence-electron chi connectivity index (χ4n) is 13.7. The van der Waals surface area contributed by atoms with Crippen LogP contribution in [0.3, 0.4) is 0 Å². The number of amides is 3. The maximum absolute atomic E-state index is 11.9. The number of fused-ring (bicyclic) bond motifs is 9. The Kier molecular flexibility index (Phi) is 26.2. The number of imidazole rings is 3. The molecule has 14 aromatic rings. The van der Waals surface area contributed by atoms with Gasteiger partial charge in [-0.25, -0.2) is 39.9 Å². The maximum Gasteiger partial charge on any atom is 0.248 e. The Hall–Kier alpha value is -12.3. The molecule has 118 heavy (non-hydrogen) atoms. The minimum absolute atomic E-state index is 0.0309. The monoisotopic (exact) mass is 1710 g/mol. The van der Waals surface area contributed by atoms with Gasteiger partial charge in [0.1, 0.15) is 74.7 Å². The van der Waals surface area contributed by atoms with Crippen LogP contribution < -0.4 is 55.0 Å². The molecular weight excluding hydrogens is 1630 g/mol. The van der Waals surface area contributed by atoms with Crippen molar-refractivity contribution >= 4 is 166 Å². The van der Waals surface area contributed by atoms with Gasteiger partial charge in [0.05, 0.1) is 114 Å². The van der Waals surface area contributed by atoms with Gasteiger partial charge in [-0.15, -0.1) is 0 Å². The van der Waals surface area contributed by atoms with E-state index in [1.54, 1.807) is 87.5 Å². The number of piperidine rings is 1. The molecule has 0 aliphatic carbocycles. The summed E-state index contributed by atoms with van der Waals surface area (Å²) in [5.41, 5.74) is 12.2. The summed E-state index contributed by atoms with van der Waals surface area (Å²) < 4.78 is 45.1. The summed E-state index contributed by atoms with van der Waals surface area (Å²) in [7, 11) is 14.6. The average molecular weight is 1710 g/mol. The minimum atomic E-state index is -0.342. The van der Waals surface area contributed by atoms with Gasteiger partial charge in [-0.2, -0.15) is 4.98 Å². The smallest absolute Gasteiger partial charge is 0.248 e. The Bertz CT molecular complexity index is 5930. The van der Waals surface area contributed by atoms with E-state index in [0.29, 0.717) is 177 Å². The van der Waals surface area contributed by atoms with Crippen LogP contribution >= 0.6 is 69.6 Å². The lowest BCUT2D eigenvalue weighted by Crippen LogP contribution is -2.40. The van der Waals surface area contributed by atoms with Crippen molar-refractivity contribution in [3.05, 3.63) is 219 Å². The molecule has 0 bridgehead atoms. The van der Waals surface area contributed by atoms with E-state index in [9.17, 15) is 14.4 Å². The van der Waals surface area contributed by atoms with E-state index in [0.717, 1.165) is 79.6 Å². The molecule has 3 aromatic carbocycles. The number of halogens is 6. The number of hydrogen-bond donors (Lipinski definition) is 5. The summed E-state index contributed by atoms with van der Waals surface area (Å²) in [6.45, 7) is 12.4.